The van der Waals surface area contributed by atoms with Crippen molar-refractivity contribution in [1.82, 2.24) is 25.0 Å². The number of aldehydes is 1. The van der Waals surface area contributed by atoms with Gasteiger partial charge in [-0.05, 0) is 44.4 Å². The smallest absolute Gasteiger partial charge is 0.336 e. The first-order chi connectivity index (χ1) is 23.3. The number of nitrogens with zero attached hydrogens (tertiary/aromatic N) is 4. The number of nitrogens with one attached hydrogen (secondary N) is 1. The van der Waals surface area contributed by atoms with E-state index in [1.165, 1.54) is 25.6 Å². The number of aromatic nitrogens is 1. The van der Waals surface area contributed by atoms with Crippen LogP contribution in [0.25, 0.3) is 0 Å². The van der Waals surface area contributed by atoms with Gasteiger partial charge in [-0.15, -0.1) is 11.3 Å². The molecule has 3 aliphatic rings. The highest BCUT2D eigenvalue weighted by atomic mass is 35.5. The van der Waals surface area contributed by atoms with E-state index in [4.69, 9.17) is 32.7 Å². The van der Waals surface area contributed by atoms with Gasteiger partial charge in [-0.1, -0.05) is 29.3 Å². The van der Waals surface area contributed by atoms with Gasteiger partial charge in [-0.25, -0.2) is 14.6 Å². The van der Waals surface area contributed by atoms with Crippen LogP contribution in [0, 0.1) is 0 Å². The Kier molecular flexibility index (Phi) is 12.7. The summed E-state index contributed by atoms with van der Waals surface area (Å²) in [4.78, 5) is 63.0. The molecule has 0 saturated carbocycles. The maximum atomic E-state index is 13.8. The number of unbranched alkanes of at least 4 members (excludes halogenated alkanes) is 1. The van der Waals surface area contributed by atoms with Crippen LogP contribution < -0.4 is 5.32 Å². The number of carbonyl (C=O) groups excluding carboxylic acids is 4. The number of rotatable bonds is 14. The number of allylic oxidation sites excluding steroid dienone is 1. The van der Waals surface area contributed by atoms with E-state index in [-0.39, 0.29) is 27.1 Å². The number of ether oxygens (including phenoxy) is 2. The van der Waals surface area contributed by atoms with Gasteiger partial charge in [0, 0.05) is 85.0 Å². The molecule has 258 valence electrons. The standard InChI is InChI=1S/C34H41Cl2N5O6S/c1-46-33(44)29-24(10-11-26-37-12-20-48-26)38-32(31(34(45)47-2)30(29)28-22(35)7-5-8-23(28)36)25(21-42)40-18-16-39(17-19-40)13-3-4-14-41-15-6-9-27(41)43/h5,7-8,12,20-21,25,30,38H,3-4,6,9-11,13-19H2,1-2H3. The van der Waals surface area contributed by atoms with Crippen molar-refractivity contribution < 1.29 is 28.7 Å². The molecule has 14 heteroatoms. The van der Waals surface area contributed by atoms with Gasteiger partial charge in [-0.2, -0.15) is 0 Å². The SMILES string of the molecule is COC(=O)C1=C(CCc2nccs2)NC(C(C=O)N2CCN(CCCCN3CCCC3=O)CC2)=C(C(=O)OC)C1c1c(Cl)cccc1Cl. The molecule has 1 amide bonds. The zero-order valence-corrected chi connectivity index (χ0v) is 29.5. The second-order valence-corrected chi connectivity index (χ2v) is 13.8. The Morgan fingerprint density at radius 2 is 1.71 bits per heavy atom. The van der Waals surface area contributed by atoms with Gasteiger partial charge in [0.2, 0.25) is 5.91 Å². The fraction of sp³-hybridized carbons (Fsp3) is 0.500. The van der Waals surface area contributed by atoms with E-state index in [1.807, 2.05) is 15.2 Å². The molecule has 0 spiro atoms. The summed E-state index contributed by atoms with van der Waals surface area (Å²) in [5.41, 5.74) is 1.39. The minimum absolute atomic E-state index is 0.0712. The molecule has 48 heavy (non-hydrogen) atoms. The normalized spacial score (nSPS) is 19.8. The van der Waals surface area contributed by atoms with Crippen molar-refractivity contribution in [2.24, 2.45) is 0 Å². The number of halogens is 2. The highest BCUT2D eigenvalue weighted by Gasteiger charge is 2.44. The summed E-state index contributed by atoms with van der Waals surface area (Å²) in [5.74, 6) is -2.21. The lowest BCUT2D eigenvalue weighted by Gasteiger charge is -2.41. The molecule has 2 saturated heterocycles. The first-order valence-corrected chi connectivity index (χ1v) is 17.8. The van der Waals surface area contributed by atoms with Crippen LogP contribution in [-0.4, -0.2) is 110 Å². The zero-order valence-electron chi connectivity index (χ0n) is 27.2. The fourth-order valence-corrected chi connectivity index (χ4v) is 7.99. The van der Waals surface area contributed by atoms with Gasteiger partial charge in [-0.3, -0.25) is 9.69 Å². The molecule has 0 radical (unpaired) electrons. The van der Waals surface area contributed by atoms with Crippen molar-refractivity contribution in [1.29, 1.82) is 0 Å². The van der Waals surface area contributed by atoms with Gasteiger partial charge >= 0.3 is 11.9 Å². The van der Waals surface area contributed by atoms with Crippen LogP contribution in [0.3, 0.4) is 0 Å². The molecular weight excluding hydrogens is 677 g/mol. The lowest BCUT2D eigenvalue weighted by molar-refractivity contribution is -0.137. The number of dihydropyridines is 1. The summed E-state index contributed by atoms with van der Waals surface area (Å²) >= 11 is 15.0. The van der Waals surface area contributed by atoms with Crippen molar-refractivity contribution in [3.63, 3.8) is 0 Å². The number of methoxy groups -OCH3 is 2. The Morgan fingerprint density at radius 3 is 2.31 bits per heavy atom. The topological polar surface area (TPSA) is 121 Å². The number of piperazine rings is 1. The van der Waals surface area contributed by atoms with Crippen molar-refractivity contribution in [3.05, 3.63) is 72.9 Å². The lowest BCUT2D eigenvalue weighted by Crippen LogP contribution is -2.54. The highest BCUT2D eigenvalue weighted by Crippen LogP contribution is 2.46. The Bertz CT molecular complexity index is 1540. The molecule has 3 aliphatic heterocycles. The van der Waals surface area contributed by atoms with Crippen molar-refractivity contribution >= 4 is 58.7 Å². The Hall–Kier alpha value is -3.29. The molecule has 2 unspecified atom stereocenters. The van der Waals surface area contributed by atoms with Crippen LogP contribution in [0.1, 0.15) is 48.6 Å². The van der Waals surface area contributed by atoms with E-state index < -0.39 is 23.9 Å². The van der Waals surface area contributed by atoms with Crippen LogP contribution >= 0.6 is 34.5 Å². The molecule has 11 nitrogen and oxygen atoms in total. The number of amides is 1. The first kappa shape index (κ1) is 36.0. The molecule has 4 heterocycles. The molecule has 2 aromatic rings. The van der Waals surface area contributed by atoms with Gasteiger partial charge in [0.1, 0.15) is 12.3 Å². The van der Waals surface area contributed by atoms with Crippen molar-refractivity contribution in [2.75, 3.05) is 60.0 Å². The van der Waals surface area contributed by atoms with E-state index in [9.17, 15) is 19.2 Å². The van der Waals surface area contributed by atoms with E-state index >= 15 is 0 Å². The monoisotopic (exact) mass is 717 g/mol. The Morgan fingerprint density at radius 1 is 1.02 bits per heavy atom. The number of aryl methyl sites for hydroxylation is 1. The van der Waals surface area contributed by atoms with Gasteiger partial charge in [0.05, 0.1) is 42.0 Å². The molecule has 2 atom stereocenters. The minimum Gasteiger partial charge on any atom is -0.466 e. The minimum atomic E-state index is -1.07. The average Bonchev–Trinajstić information content (AvgIpc) is 3.77. The fourth-order valence-electron chi connectivity index (χ4n) is 6.75. The van der Waals surface area contributed by atoms with E-state index in [0.29, 0.717) is 49.3 Å². The molecule has 5 rings (SSSR count). The molecule has 1 N–H and O–H groups in total. The second-order valence-electron chi connectivity index (χ2n) is 12.0. The van der Waals surface area contributed by atoms with Gasteiger partial charge < -0.3 is 29.4 Å². The van der Waals surface area contributed by atoms with Crippen LogP contribution in [0.5, 0.6) is 0 Å². The average molecular weight is 719 g/mol. The van der Waals surface area contributed by atoms with Crippen molar-refractivity contribution in [2.45, 2.75) is 50.5 Å². The molecule has 0 aliphatic carbocycles. The number of thiazole rings is 1. The third-order valence-electron chi connectivity index (χ3n) is 9.20. The molecular formula is C34H41Cl2N5O6S. The van der Waals surface area contributed by atoms with Crippen molar-refractivity contribution in [3.8, 4) is 0 Å². The van der Waals surface area contributed by atoms with Gasteiger partial charge in [0.25, 0.3) is 0 Å². The van der Waals surface area contributed by atoms with Crippen LogP contribution in [0.2, 0.25) is 10.0 Å². The summed E-state index contributed by atoms with van der Waals surface area (Å²) in [6.45, 7) is 5.16. The summed E-state index contributed by atoms with van der Waals surface area (Å²) < 4.78 is 10.6. The number of benzene rings is 1. The first-order valence-electron chi connectivity index (χ1n) is 16.2. The third-order valence-corrected chi connectivity index (χ3v) is 10.7. The number of hydrogen-bond acceptors (Lipinski definition) is 11. The quantitative estimate of drug-likeness (QED) is 0.173. The highest BCUT2D eigenvalue weighted by molar-refractivity contribution is 7.09. The summed E-state index contributed by atoms with van der Waals surface area (Å²) in [5, 5.41) is 6.59. The number of hydrogen-bond donors (Lipinski definition) is 1. The molecule has 1 aromatic heterocycles. The van der Waals surface area contributed by atoms with Gasteiger partial charge in [0.15, 0.2) is 0 Å². The largest absolute Gasteiger partial charge is 0.466 e. The predicted molar refractivity (Wildman–Crippen MR) is 184 cm³/mol. The third kappa shape index (κ3) is 8.11. The molecule has 1 aromatic carbocycles. The Balaban J connectivity index is 1.45. The van der Waals surface area contributed by atoms with E-state index in [1.54, 1.807) is 24.4 Å². The number of carbonyl (C=O) groups is 4. The van der Waals surface area contributed by atoms with E-state index in [2.05, 4.69) is 15.2 Å². The number of esters is 2. The second kappa shape index (κ2) is 16.9. The summed E-state index contributed by atoms with van der Waals surface area (Å²) in [7, 11) is 2.53. The zero-order chi connectivity index (χ0) is 34.2. The number of likely N-dealkylation sites (tertiary alicyclic amines) is 1. The summed E-state index contributed by atoms with van der Waals surface area (Å²) in [6.07, 6.45) is 6.91. The maximum absolute atomic E-state index is 13.8. The Labute approximate surface area is 294 Å². The molecule has 2 fully saturated rings. The molecule has 0 bridgehead atoms. The van der Waals surface area contributed by atoms with Crippen LogP contribution in [-0.2, 0) is 35.1 Å². The maximum Gasteiger partial charge on any atom is 0.336 e. The van der Waals surface area contributed by atoms with E-state index in [0.717, 1.165) is 63.3 Å². The van der Waals surface area contributed by atoms with Crippen LogP contribution in [0.15, 0.2) is 52.3 Å². The summed E-state index contributed by atoms with van der Waals surface area (Å²) in [6, 6.07) is 4.12. The lowest BCUT2D eigenvalue weighted by atomic mass is 9.78. The predicted octanol–water partition coefficient (Wildman–Crippen LogP) is 4.21. The van der Waals surface area contributed by atoms with Crippen LogP contribution in [0.4, 0.5) is 0 Å².